The summed E-state index contributed by atoms with van der Waals surface area (Å²) in [6.45, 7) is 4.69. The predicted octanol–water partition coefficient (Wildman–Crippen LogP) is 3.26. The first-order chi connectivity index (χ1) is 9.17. The van der Waals surface area contributed by atoms with Crippen LogP contribution in [0.4, 0.5) is 5.69 Å². The van der Waals surface area contributed by atoms with Crippen LogP contribution in [0.15, 0.2) is 36.9 Å². The Labute approximate surface area is 113 Å². The van der Waals surface area contributed by atoms with Crippen LogP contribution in [0.25, 0.3) is 5.69 Å². The van der Waals surface area contributed by atoms with Crippen molar-refractivity contribution in [2.75, 3.05) is 5.32 Å². The van der Waals surface area contributed by atoms with Crippen molar-refractivity contribution >= 4 is 5.69 Å². The zero-order valence-electron chi connectivity index (χ0n) is 11.5. The van der Waals surface area contributed by atoms with Crippen LogP contribution >= 0.6 is 0 Å². The molecule has 1 fully saturated rings. The van der Waals surface area contributed by atoms with E-state index in [2.05, 4.69) is 47.4 Å². The molecule has 1 aromatic carbocycles. The standard InChI is InChI=1S/C15H20N4/c1-15(2)9-5-8-14(15)18-12-6-3-4-7-13(12)19-11-16-10-17-19/h3-4,6-7,10-11,14,18H,5,8-9H2,1-2H3. The van der Waals surface area contributed by atoms with Crippen molar-refractivity contribution in [3.63, 3.8) is 0 Å². The molecule has 0 saturated heterocycles. The maximum Gasteiger partial charge on any atom is 0.138 e. The number of nitrogens with one attached hydrogen (secondary N) is 1. The molecule has 1 heterocycles. The molecular formula is C15H20N4. The molecule has 0 aliphatic heterocycles. The van der Waals surface area contributed by atoms with Crippen molar-refractivity contribution in [1.29, 1.82) is 0 Å². The highest BCUT2D eigenvalue weighted by Gasteiger charge is 2.34. The van der Waals surface area contributed by atoms with Gasteiger partial charge in [-0.1, -0.05) is 32.4 Å². The summed E-state index contributed by atoms with van der Waals surface area (Å²) in [5, 5.41) is 7.92. The molecule has 1 atom stereocenters. The highest BCUT2D eigenvalue weighted by molar-refractivity contribution is 5.61. The molecule has 0 bridgehead atoms. The monoisotopic (exact) mass is 256 g/mol. The largest absolute Gasteiger partial charge is 0.380 e. The van der Waals surface area contributed by atoms with Gasteiger partial charge in [-0.15, -0.1) is 0 Å². The van der Waals surface area contributed by atoms with Crippen LogP contribution in [0.3, 0.4) is 0 Å². The Morgan fingerprint density at radius 2 is 2.16 bits per heavy atom. The zero-order valence-corrected chi connectivity index (χ0v) is 11.5. The third kappa shape index (κ3) is 2.35. The summed E-state index contributed by atoms with van der Waals surface area (Å²) in [5.41, 5.74) is 2.55. The maximum absolute atomic E-state index is 4.22. The molecule has 1 aliphatic rings. The Morgan fingerprint density at radius 3 is 2.84 bits per heavy atom. The molecule has 0 radical (unpaired) electrons. The molecule has 1 aliphatic carbocycles. The molecule has 2 aromatic rings. The van der Waals surface area contributed by atoms with Gasteiger partial charge in [0.1, 0.15) is 12.7 Å². The van der Waals surface area contributed by atoms with Gasteiger partial charge in [-0.2, -0.15) is 5.10 Å². The SMILES string of the molecule is CC1(C)CCCC1Nc1ccccc1-n1cncn1. The third-order valence-corrected chi connectivity index (χ3v) is 4.16. The van der Waals surface area contributed by atoms with E-state index in [1.54, 1.807) is 12.7 Å². The normalized spacial score (nSPS) is 21.5. The molecule has 3 rings (SSSR count). The smallest absolute Gasteiger partial charge is 0.138 e. The summed E-state index contributed by atoms with van der Waals surface area (Å²) < 4.78 is 1.81. The van der Waals surface area contributed by atoms with Crippen LogP contribution in [0.2, 0.25) is 0 Å². The molecular weight excluding hydrogens is 236 g/mol. The zero-order chi connectivity index (χ0) is 13.3. The number of hydrogen-bond acceptors (Lipinski definition) is 3. The number of benzene rings is 1. The summed E-state index contributed by atoms with van der Waals surface area (Å²) in [7, 11) is 0. The van der Waals surface area contributed by atoms with Crippen molar-refractivity contribution in [3.8, 4) is 5.69 Å². The van der Waals surface area contributed by atoms with Gasteiger partial charge < -0.3 is 5.32 Å². The van der Waals surface area contributed by atoms with E-state index in [-0.39, 0.29) is 0 Å². The molecule has 1 saturated carbocycles. The fraction of sp³-hybridized carbons (Fsp3) is 0.467. The Bertz CT molecular complexity index is 545. The van der Waals surface area contributed by atoms with Gasteiger partial charge in [0.05, 0.1) is 11.4 Å². The van der Waals surface area contributed by atoms with Crippen LogP contribution in [0, 0.1) is 5.41 Å². The molecule has 4 nitrogen and oxygen atoms in total. The summed E-state index contributed by atoms with van der Waals surface area (Å²) in [4.78, 5) is 4.02. The minimum Gasteiger partial charge on any atom is -0.380 e. The van der Waals surface area contributed by atoms with Gasteiger partial charge >= 0.3 is 0 Å². The van der Waals surface area contributed by atoms with Crippen molar-refractivity contribution in [2.24, 2.45) is 5.41 Å². The van der Waals surface area contributed by atoms with E-state index in [9.17, 15) is 0 Å². The number of anilines is 1. The van der Waals surface area contributed by atoms with E-state index in [1.807, 2.05) is 10.7 Å². The second-order valence-electron chi connectivity index (χ2n) is 5.93. The fourth-order valence-electron chi connectivity index (χ4n) is 2.91. The number of rotatable bonds is 3. The number of hydrogen-bond donors (Lipinski definition) is 1. The minimum absolute atomic E-state index is 0.357. The Hall–Kier alpha value is -1.84. The molecule has 4 heteroatoms. The van der Waals surface area contributed by atoms with Gasteiger partial charge in [-0.3, -0.25) is 0 Å². The van der Waals surface area contributed by atoms with E-state index in [4.69, 9.17) is 0 Å². The maximum atomic E-state index is 4.22. The molecule has 100 valence electrons. The van der Waals surface area contributed by atoms with Gasteiger partial charge in [-0.25, -0.2) is 9.67 Å². The van der Waals surface area contributed by atoms with E-state index >= 15 is 0 Å². The molecule has 0 spiro atoms. The Balaban J connectivity index is 1.89. The quantitative estimate of drug-likeness (QED) is 0.916. The summed E-state index contributed by atoms with van der Waals surface area (Å²) >= 11 is 0. The summed E-state index contributed by atoms with van der Waals surface area (Å²) in [5.74, 6) is 0. The lowest BCUT2D eigenvalue weighted by Crippen LogP contribution is -2.31. The highest BCUT2D eigenvalue weighted by atomic mass is 15.3. The molecule has 19 heavy (non-hydrogen) atoms. The van der Waals surface area contributed by atoms with Crippen molar-refractivity contribution < 1.29 is 0 Å². The predicted molar refractivity (Wildman–Crippen MR) is 76.4 cm³/mol. The first kappa shape index (κ1) is 12.2. The average Bonchev–Trinajstić information content (AvgIpc) is 3.01. The summed E-state index contributed by atoms with van der Waals surface area (Å²) in [6.07, 6.45) is 7.13. The first-order valence-corrected chi connectivity index (χ1v) is 6.87. The third-order valence-electron chi connectivity index (χ3n) is 4.16. The number of aromatic nitrogens is 3. The van der Waals surface area contributed by atoms with Gasteiger partial charge in [0, 0.05) is 6.04 Å². The van der Waals surface area contributed by atoms with E-state index < -0.39 is 0 Å². The number of nitrogens with zero attached hydrogens (tertiary/aromatic N) is 3. The van der Waals surface area contributed by atoms with Gasteiger partial charge in [0.15, 0.2) is 0 Å². The van der Waals surface area contributed by atoms with Gasteiger partial charge in [0.25, 0.3) is 0 Å². The van der Waals surface area contributed by atoms with Crippen LogP contribution < -0.4 is 5.32 Å². The lowest BCUT2D eigenvalue weighted by molar-refractivity contribution is 0.350. The van der Waals surface area contributed by atoms with Crippen LogP contribution in [0.1, 0.15) is 33.1 Å². The van der Waals surface area contributed by atoms with Crippen molar-refractivity contribution in [3.05, 3.63) is 36.9 Å². The lowest BCUT2D eigenvalue weighted by Gasteiger charge is -2.29. The van der Waals surface area contributed by atoms with Gasteiger partial charge in [-0.05, 0) is 30.4 Å². The van der Waals surface area contributed by atoms with Crippen LogP contribution in [-0.2, 0) is 0 Å². The molecule has 1 N–H and O–H groups in total. The minimum atomic E-state index is 0.357. The van der Waals surface area contributed by atoms with E-state index in [0.29, 0.717) is 11.5 Å². The average molecular weight is 256 g/mol. The van der Waals surface area contributed by atoms with Crippen LogP contribution in [-0.4, -0.2) is 20.8 Å². The second-order valence-corrected chi connectivity index (χ2v) is 5.93. The molecule has 1 unspecified atom stereocenters. The summed E-state index contributed by atoms with van der Waals surface area (Å²) in [6, 6.07) is 8.80. The topological polar surface area (TPSA) is 42.7 Å². The molecule has 1 aromatic heterocycles. The van der Waals surface area contributed by atoms with E-state index in [1.165, 1.54) is 19.3 Å². The lowest BCUT2D eigenvalue weighted by atomic mass is 9.87. The highest BCUT2D eigenvalue weighted by Crippen LogP contribution is 2.39. The van der Waals surface area contributed by atoms with Gasteiger partial charge in [0.2, 0.25) is 0 Å². The van der Waals surface area contributed by atoms with Crippen LogP contribution in [0.5, 0.6) is 0 Å². The Morgan fingerprint density at radius 1 is 1.32 bits per heavy atom. The second kappa shape index (κ2) is 4.68. The first-order valence-electron chi connectivity index (χ1n) is 6.87. The number of para-hydroxylation sites is 2. The molecule has 0 amide bonds. The van der Waals surface area contributed by atoms with E-state index in [0.717, 1.165) is 11.4 Å². The van der Waals surface area contributed by atoms with Crippen molar-refractivity contribution in [1.82, 2.24) is 14.8 Å². The Kier molecular flexibility index (Phi) is 3.01. The fourth-order valence-corrected chi connectivity index (χ4v) is 2.91. The van der Waals surface area contributed by atoms with Crippen molar-refractivity contribution in [2.45, 2.75) is 39.2 Å².